The molecule has 2 heterocycles. The molecule has 0 saturated heterocycles. The summed E-state index contributed by atoms with van der Waals surface area (Å²) in [6.07, 6.45) is -0.0924. The summed E-state index contributed by atoms with van der Waals surface area (Å²) in [5.41, 5.74) is 9.76. The lowest BCUT2D eigenvalue weighted by Crippen LogP contribution is -2.23. The van der Waals surface area contributed by atoms with Crippen molar-refractivity contribution in [3.05, 3.63) is 87.9 Å². The number of aliphatic hydroxyl groups is 2. The van der Waals surface area contributed by atoms with Crippen LogP contribution in [0.3, 0.4) is 0 Å². The Labute approximate surface area is 223 Å². The molecule has 0 aliphatic carbocycles. The second kappa shape index (κ2) is 13.3. The van der Waals surface area contributed by atoms with Gasteiger partial charge < -0.3 is 31.9 Å². The second-order valence-corrected chi connectivity index (χ2v) is 10.2. The number of hydrogen-bond acceptors (Lipinski definition) is 10. The Morgan fingerprint density at radius 3 is 2.46 bits per heavy atom. The number of aromatic nitrogens is 2. The fraction of sp³-hybridized carbons (Fsp3) is 0.269. The summed E-state index contributed by atoms with van der Waals surface area (Å²) in [6.45, 7) is 1.25. The summed E-state index contributed by atoms with van der Waals surface area (Å²) in [7, 11) is 0. The van der Waals surface area contributed by atoms with E-state index >= 15 is 0 Å². The molecule has 2 aromatic carbocycles. The van der Waals surface area contributed by atoms with Gasteiger partial charge in [0, 0.05) is 29.4 Å². The summed E-state index contributed by atoms with van der Waals surface area (Å²) >= 11 is 2.60. The third-order valence-electron chi connectivity index (χ3n) is 5.51. The maximum atomic E-state index is 12.2. The number of nitrogens with zero attached hydrogens (tertiary/aromatic N) is 2. The van der Waals surface area contributed by atoms with E-state index in [1.807, 2.05) is 60.0 Å². The number of aliphatic hydroxyl groups excluding tert-OH is 2. The Balaban J connectivity index is 1.16. The zero-order valence-electron chi connectivity index (χ0n) is 20.1. The standard InChI is InChI=1S/C26H30N6O3S2/c27-25-30-20(15-36-25)12-24(35)32-26-31-21(16-37-26)13-23(34)29-19-8-6-17(7-9-19)10-11-28-14-22(33)18-4-2-1-3-5-18/h1-9,15-16,22-23,28-29,33-34H,10-14H2,(H2,27,30)(H,31,32,35)/t22-,23+/m0/s1. The van der Waals surface area contributed by atoms with Crippen molar-refractivity contribution in [1.82, 2.24) is 15.3 Å². The predicted octanol–water partition coefficient (Wildman–Crippen LogP) is 3.20. The van der Waals surface area contributed by atoms with Gasteiger partial charge in [0.15, 0.2) is 10.3 Å². The summed E-state index contributed by atoms with van der Waals surface area (Å²) in [5.74, 6) is -0.215. The third-order valence-corrected chi connectivity index (χ3v) is 7.04. The number of carbonyl (C=O) groups is 1. The molecule has 37 heavy (non-hydrogen) atoms. The van der Waals surface area contributed by atoms with Gasteiger partial charge in [-0.3, -0.25) is 4.79 Å². The van der Waals surface area contributed by atoms with Crippen LogP contribution >= 0.6 is 22.7 Å². The fourth-order valence-corrected chi connectivity index (χ4v) is 4.97. The molecule has 0 saturated carbocycles. The molecule has 9 nitrogen and oxygen atoms in total. The molecule has 2 aromatic heterocycles. The monoisotopic (exact) mass is 538 g/mol. The SMILES string of the molecule is Nc1nc(CC(=O)Nc2nc(C[C@@H](O)Nc3ccc(CCNC[C@H](O)c4ccccc4)cc3)cs2)cs1. The highest BCUT2D eigenvalue weighted by Gasteiger charge is 2.12. The molecule has 0 bridgehead atoms. The van der Waals surface area contributed by atoms with Gasteiger partial charge in [0.1, 0.15) is 6.23 Å². The summed E-state index contributed by atoms with van der Waals surface area (Å²) < 4.78 is 0. The van der Waals surface area contributed by atoms with Gasteiger partial charge in [0.05, 0.1) is 23.9 Å². The molecule has 1 amide bonds. The third kappa shape index (κ3) is 8.62. The Morgan fingerprint density at radius 1 is 0.973 bits per heavy atom. The first-order valence-electron chi connectivity index (χ1n) is 11.9. The predicted molar refractivity (Wildman–Crippen MR) is 149 cm³/mol. The minimum absolute atomic E-state index is 0.133. The van der Waals surface area contributed by atoms with Crippen LogP contribution in [0.4, 0.5) is 16.0 Å². The van der Waals surface area contributed by atoms with Gasteiger partial charge in [-0.05, 0) is 36.2 Å². The molecule has 0 unspecified atom stereocenters. The molecule has 0 aliphatic rings. The topological polar surface area (TPSA) is 145 Å². The van der Waals surface area contributed by atoms with Gasteiger partial charge in [0.2, 0.25) is 5.91 Å². The van der Waals surface area contributed by atoms with Gasteiger partial charge in [0.25, 0.3) is 0 Å². The molecule has 194 valence electrons. The smallest absolute Gasteiger partial charge is 0.232 e. The van der Waals surface area contributed by atoms with Crippen LogP contribution in [0.25, 0.3) is 0 Å². The van der Waals surface area contributed by atoms with Crippen molar-refractivity contribution >= 4 is 44.5 Å². The number of carbonyl (C=O) groups excluding carboxylic acids is 1. The van der Waals surface area contributed by atoms with E-state index in [9.17, 15) is 15.0 Å². The van der Waals surface area contributed by atoms with E-state index in [4.69, 9.17) is 5.73 Å². The lowest BCUT2D eigenvalue weighted by Gasteiger charge is -2.14. The Hall–Kier alpha value is -3.35. The number of benzene rings is 2. The summed E-state index contributed by atoms with van der Waals surface area (Å²) in [6, 6.07) is 17.5. The van der Waals surface area contributed by atoms with E-state index in [1.54, 1.807) is 5.38 Å². The van der Waals surface area contributed by atoms with E-state index in [-0.39, 0.29) is 12.3 Å². The lowest BCUT2D eigenvalue weighted by molar-refractivity contribution is -0.115. The number of nitrogens with two attached hydrogens (primary N) is 1. The van der Waals surface area contributed by atoms with Gasteiger partial charge in [-0.15, -0.1) is 22.7 Å². The van der Waals surface area contributed by atoms with Crippen molar-refractivity contribution in [2.75, 3.05) is 29.5 Å². The van der Waals surface area contributed by atoms with Crippen LogP contribution in [0.1, 0.15) is 28.6 Å². The molecule has 7 N–H and O–H groups in total. The second-order valence-electron chi connectivity index (χ2n) is 8.49. The number of thiazole rings is 2. The largest absolute Gasteiger partial charge is 0.387 e. The first-order chi connectivity index (χ1) is 17.9. The number of hydrogen-bond donors (Lipinski definition) is 6. The zero-order valence-corrected chi connectivity index (χ0v) is 21.8. The maximum Gasteiger partial charge on any atom is 0.232 e. The Bertz CT molecular complexity index is 1260. The van der Waals surface area contributed by atoms with Gasteiger partial charge in [-0.2, -0.15) is 0 Å². The number of nitrogen functional groups attached to an aromatic ring is 1. The summed E-state index contributed by atoms with van der Waals surface area (Å²) in [5, 5.41) is 34.3. The molecule has 4 aromatic rings. The van der Waals surface area contributed by atoms with E-state index in [1.165, 1.54) is 22.7 Å². The van der Waals surface area contributed by atoms with E-state index < -0.39 is 12.3 Å². The van der Waals surface area contributed by atoms with Crippen molar-refractivity contribution in [2.45, 2.75) is 31.6 Å². The maximum absolute atomic E-state index is 12.2. The van der Waals surface area contributed by atoms with Crippen molar-refractivity contribution in [1.29, 1.82) is 0 Å². The van der Waals surface area contributed by atoms with Crippen LogP contribution in [-0.2, 0) is 24.1 Å². The molecule has 2 atom stereocenters. The number of rotatable bonds is 13. The molecule has 0 fully saturated rings. The van der Waals surface area contributed by atoms with Gasteiger partial charge >= 0.3 is 0 Å². The molecule has 0 radical (unpaired) electrons. The average Bonchev–Trinajstić information content (AvgIpc) is 3.50. The lowest BCUT2D eigenvalue weighted by atomic mass is 10.1. The Kier molecular flexibility index (Phi) is 9.58. The van der Waals surface area contributed by atoms with E-state index in [0.717, 1.165) is 29.8 Å². The van der Waals surface area contributed by atoms with Crippen molar-refractivity contribution < 1.29 is 15.0 Å². The van der Waals surface area contributed by atoms with Crippen molar-refractivity contribution in [3.8, 4) is 0 Å². The highest BCUT2D eigenvalue weighted by Crippen LogP contribution is 2.19. The first-order valence-corrected chi connectivity index (χ1v) is 13.6. The number of amides is 1. The number of nitrogens with one attached hydrogen (secondary N) is 3. The Morgan fingerprint density at radius 2 is 1.73 bits per heavy atom. The summed E-state index contributed by atoms with van der Waals surface area (Å²) in [4.78, 5) is 20.6. The van der Waals surface area contributed by atoms with Gasteiger partial charge in [-0.1, -0.05) is 42.5 Å². The molecular weight excluding hydrogens is 508 g/mol. The highest BCUT2D eigenvalue weighted by atomic mass is 32.1. The molecule has 0 aliphatic heterocycles. The van der Waals surface area contributed by atoms with Gasteiger partial charge in [-0.25, -0.2) is 9.97 Å². The van der Waals surface area contributed by atoms with Crippen LogP contribution in [0.15, 0.2) is 65.4 Å². The molecule has 4 rings (SSSR count). The van der Waals surface area contributed by atoms with Crippen LogP contribution in [0.2, 0.25) is 0 Å². The fourth-order valence-electron chi connectivity index (χ4n) is 3.66. The highest BCUT2D eigenvalue weighted by molar-refractivity contribution is 7.14. The van der Waals surface area contributed by atoms with Crippen LogP contribution < -0.4 is 21.7 Å². The van der Waals surface area contributed by atoms with E-state index in [2.05, 4.69) is 25.9 Å². The quantitative estimate of drug-likeness (QED) is 0.112. The zero-order chi connectivity index (χ0) is 26.0. The average molecular weight is 539 g/mol. The first kappa shape index (κ1) is 26.7. The van der Waals surface area contributed by atoms with E-state index in [0.29, 0.717) is 34.6 Å². The van der Waals surface area contributed by atoms with Crippen molar-refractivity contribution in [2.24, 2.45) is 0 Å². The minimum Gasteiger partial charge on any atom is -0.387 e. The van der Waals surface area contributed by atoms with Crippen molar-refractivity contribution in [3.63, 3.8) is 0 Å². The van der Waals surface area contributed by atoms with Crippen LogP contribution in [0.5, 0.6) is 0 Å². The number of anilines is 3. The van der Waals surface area contributed by atoms with Crippen LogP contribution in [-0.4, -0.2) is 45.4 Å². The molecular formula is C26H30N6O3S2. The van der Waals surface area contributed by atoms with Crippen LogP contribution in [0, 0.1) is 0 Å². The molecule has 0 spiro atoms. The molecule has 11 heteroatoms. The minimum atomic E-state index is -0.823. The normalized spacial score (nSPS) is 12.7.